The van der Waals surface area contributed by atoms with E-state index in [1.54, 1.807) is 23.5 Å². The Kier molecular flexibility index (Phi) is 7.62. The van der Waals surface area contributed by atoms with Crippen molar-refractivity contribution in [2.24, 2.45) is 0 Å². The molecular weight excluding hydrogens is 420 g/mol. The second-order valence-electron chi connectivity index (χ2n) is 7.27. The molecule has 1 amide bonds. The van der Waals surface area contributed by atoms with Crippen LogP contribution in [0.25, 0.3) is 0 Å². The summed E-state index contributed by atoms with van der Waals surface area (Å²) < 4.78 is 26.6. The van der Waals surface area contributed by atoms with Crippen LogP contribution in [0.2, 0.25) is 0 Å². The van der Waals surface area contributed by atoms with Gasteiger partial charge in [0.05, 0.1) is 15.6 Å². The molecule has 3 rings (SSSR count). The van der Waals surface area contributed by atoms with E-state index in [1.165, 1.54) is 16.4 Å². The van der Waals surface area contributed by atoms with Gasteiger partial charge < -0.3 is 4.90 Å². The van der Waals surface area contributed by atoms with E-state index in [-0.39, 0.29) is 10.8 Å². The number of rotatable bonds is 8. The van der Waals surface area contributed by atoms with Gasteiger partial charge in [-0.2, -0.15) is 4.31 Å². The lowest BCUT2D eigenvalue weighted by Crippen LogP contribution is -2.48. The molecule has 1 aliphatic heterocycles. The normalized spacial score (nSPS) is 15.7. The van der Waals surface area contributed by atoms with Gasteiger partial charge in [0, 0.05) is 56.8 Å². The number of hydrogen-bond acceptors (Lipinski definition) is 6. The summed E-state index contributed by atoms with van der Waals surface area (Å²) in [5.41, 5.74) is 1.62. The first-order chi connectivity index (χ1) is 14.4. The fourth-order valence-corrected chi connectivity index (χ4v) is 5.78. The Balaban J connectivity index is 1.58. The first kappa shape index (κ1) is 22.9. The fraction of sp³-hybridized carbons (Fsp3) is 0.524. The standard InChI is InChI=1S/C21H30N4O3S2/c1-4-20-22-18(16-29-20)15-23-11-13-24(14-12-23)21(26)17-7-9-19(10-8-17)30(27,28)25(5-2)6-3/h7-10,16H,4-6,11-15H2,1-3H3. The molecule has 0 unspecified atom stereocenters. The summed E-state index contributed by atoms with van der Waals surface area (Å²) in [6.07, 6.45) is 0.960. The second-order valence-corrected chi connectivity index (χ2v) is 10.1. The Labute approximate surface area is 183 Å². The van der Waals surface area contributed by atoms with Gasteiger partial charge in [0.15, 0.2) is 0 Å². The van der Waals surface area contributed by atoms with E-state index in [1.807, 2.05) is 18.7 Å². The number of carbonyl (C=O) groups excluding carboxylic acids is 1. The number of thiazole rings is 1. The van der Waals surface area contributed by atoms with E-state index in [0.29, 0.717) is 31.7 Å². The zero-order chi connectivity index (χ0) is 21.7. The third-order valence-electron chi connectivity index (χ3n) is 5.39. The predicted octanol–water partition coefficient (Wildman–Crippen LogP) is 2.69. The third kappa shape index (κ3) is 5.08. The minimum Gasteiger partial charge on any atom is -0.336 e. The highest BCUT2D eigenvalue weighted by atomic mass is 32.2. The molecule has 1 fully saturated rings. The highest BCUT2D eigenvalue weighted by Gasteiger charge is 2.25. The van der Waals surface area contributed by atoms with Crippen molar-refractivity contribution >= 4 is 27.3 Å². The molecule has 2 aromatic rings. The molecule has 2 heterocycles. The number of aromatic nitrogens is 1. The Morgan fingerprint density at radius 2 is 1.70 bits per heavy atom. The van der Waals surface area contributed by atoms with Crippen molar-refractivity contribution in [3.05, 3.63) is 45.9 Å². The molecule has 0 aliphatic carbocycles. The summed E-state index contributed by atoms with van der Waals surface area (Å²) in [6, 6.07) is 6.30. The number of nitrogens with zero attached hydrogens (tertiary/aromatic N) is 4. The largest absolute Gasteiger partial charge is 0.336 e. The van der Waals surface area contributed by atoms with E-state index in [4.69, 9.17) is 0 Å². The molecular formula is C21H30N4O3S2. The topological polar surface area (TPSA) is 73.8 Å². The zero-order valence-corrected chi connectivity index (χ0v) is 19.5. The van der Waals surface area contributed by atoms with Crippen LogP contribution in [-0.4, -0.2) is 72.7 Å². The van der Waals surface area contributed by atoms with Crippen LogP contribution in [0.15, 0.2) is 34.5 Å². The van der Waals surface area contributed by atoms with Gasteiger partial charge in [-0.25, -0.2) is 13.4 Å². The maximum Gasteiger partial charge on any atom is 0.253 e. The van der Waals surface area contributed by atoms with Gasteiger partial charge in [0.25, 0.3) is 5.91 Å². The number of aryl methyl sites for hydroxylation is 1. The lowest BCUT2D eigenvalue weighted by molar-refractivity contribution is 0.0627. The van der Waals surface area contributed by atoms with Crippen molar-refractivity contribution in [3.63, 3.8) is 0 Å². The van der Waals surface area contributed by atoms with Crippen LogP contribution in [-0.2, 0) is 23.0 Å². The predicted molar refractivity (Wildman–Crippen MR) is 119 cm³/mol. The molecule has 0 N–H and O–H groups in total. The third-order valence-corrected chi connectivity index (χ3v) is 8.50. The van der Waals surface area contributed by atoms with Gasteiger partial charge in [-0.15, -0.1) is 11.3 Å². The van der Waals surface area contributed by atoms with Crippen molar-refractivity contribution in [3.8, 4) is 0 Å². The maximum absolute atomic E-state index is 12.9. The summed E-state index contributed by atoms with van der Waals surface area (Å²) in [5.74, 6) is -0.0524. The van der Waals surface area contributed by atoms with Crippen LogP contribution >= 0.6 is 11.3 Å². The monoisotopic (exact) mass is 450 g/mol. The van der Waals surface area contributed by atoms with Crippen LogP contribution in [0.5, 0.6) is 0 Å². The quantitative estimate of drug-likeness (QED) is 0.618. The number of sulfonamides is 1. The molecule has 0 radical (unpaired) electrons. The highest BCUT2D eigenvalue weighted by molar-refractivity contribution is 7.89. The van der Waals surface area contributed by atoms with Crippen molar-refractivity contribution in [1.82, 2.24) is 19.1 Å². The van der Waals surface area contributed by atoms with Crippen molar-refractivity contribution in [2.75, 3.05) is 39.3 Å². The van der Waals surface area contributed by atoms with Gasteiger partial charge in [-0.3, -0.25) is 9.69 Å². The summed E-state index contributed by atoms with van der Waals surface area (Å²) in [6.45, 7) is 10.3. The molecule has 0 bridgehead atoms. The van der Waals surface area contributed by atoms with E-state index in [0.717, 1.165) is 36.8 Å². The fourth-order valence-electron chi connectivity index (χ4n) is 3.59. The number of carbonyl (C=O) groups is 1. The molecule has 7 nitrogen and oxygen atoms in total. The lowest BCUT2D eigenvalue weighted by atomic mass is 10.2. The SMILES string of the molecule is CCc1nc(CN2CCN(C(=O)c3ccc(S(=O)(=O)N(CC)CC)cc3)CC2)cs1. The second kappa shape index (κ2) is 10.00. The molecule has 0 atom stereocenters. The van der Waals surface area contributed by atoms with E-state index in [9.17, 15) is 13.2 Å². The first-order valence-electron chi connectivity index (χ1n) is 10.4. The molecule has 0 saturated carbocycles. The number of hydrogen-bond donors (Lipinski definition) is 0. The van der Waals surface area contributed by atoms with Crippen LogP contribution in [0.1, 0.15) is 41.8 Å². The van der Waals surface area contributed by atoms with Gasteiger partial charge in [0.1, 0.15) is 0 Å². The van der Waals surface area contributed by atoms with Crippen molar-refractivity contribution in [1.29, 1.82) is 0 Å². The zero-order valence-electron chi connectivity index (χ0n) is 17.9. The van der Waals surface area contributed by atoms with Gasteiger partial charge in [0.2, 0.25) is 10.0 Å². The summed E-state index contributed by atoms with van der Waals surface area (Å²) >= 11 is 1.70. The van der Waals surface area contributed by atoms with Crippen molar-refractivity contribution in [2.45, 2.75) is 38.6 Å². The Bertz CT molecular complexity index is 945. The average Bonchev–Trinajstić information content (AvgIpc) is 3.22. The first-order valence-corrected chi connectivity index (χ1v) is 12.8. The Morgan fingerprint density at radius 3 is 2.23 bits per heavy atom. The van der Waals surface area contributed by atoms with Crippen molar-refractivity contribution < 1.29 is 13.2 Å². The molecule has 164 valence electrons. The van der Waals surface area contributed by atoms with E-state index < -0.39 is 10.0 Å². The number of benzene rings is 1. The Hall–Kier alpha value is -1.81. The minimum absolute atomic E-state index is 0.0524. The Morgan fingerprint density at radius 1 is 1.07 bits per heavy atom. The average molecular weight is 451 g/mol. The maximum atomic E-state index is 12.9. The smallest absolute Gasteiger partial charge is 0.253 e. The molecule has 9 heteroatoms. The van der Waals surface area contributed by atoms with Crippen LogP contribution in [0.4, 0.5) is 0 Å². The summed E-state index contributed by atoms with van der Waals surface area (Å²) in [7, 11) is -3.51. The van der Waals surface area contributed by atoms with E-state index in [2.05, 4.69) is 22.2 Å². The lowest BCUT2D eigenvalue weighted by Gasteiger charge is -2.34. The van der Waals surface area contributed by atoms with Gasteiger partial charge in [-0.1, -0.05) is 20.8 Å². The van der Waals surface area contributed by atoms with Gasteiger partial charge in [-0.05, 0) is 30.7 Å². The van der Waals surface area contributed by atoms with E-state index >= 15 is 0 Å². The molecule has 1 aromatic heterocycles. The molecule has 1 aliphatic rings. The molecule has 1 aromatic carbocycles. The summed E-state index contributed by atoms with van der Waals surface area (Å²) in [5, 5.41) is 3.27. The summed E-state index contributed by atoms with van der Waals surface area (Å²) in [4.78, 5) is 21.8. The minimum atomic E-state index is -3.51. The molecule has 0 spiro atoms. The number of piperazine rings is 1. The van der Waals surface area contributed by atoms with Gasteiger partial charge >= 0.3 is 0 Å². The molecule has 1 saturated heterocycles. The van der Waals surface area contributed by atoms with Crippen LogP contribution in [0, 0.1) is 0 Å². The highest BCUT2D eigenvalue weighted by Crippen LogP contribution is 2.18. The van der Waals surface area contributed by atoms with Crippen LogP contribution in [0.3, 0.4) is 0 Å². The number of amides is 1. The van der Waals surface area contributed by atoms with Crippen LogP contribution < -0.4 is 0 Å². The molecule has 30 heavy (non-hydrogen) atoms.